The van der Waals surface area contributed by atoms with Crippen molar-refractivity contribution in [1.82, 2.24) is 16.0 Å². The number of rotatable bonds is 8. The number of benzene rings is 2. The van der Waals surface area contributed by atoms with E-state index in [4.69, 9.17) is 15.2 Å². The lowest BCUT2D eigenvalue weighted by Crippen LogP contribution is -2.73. The highest BCUT2D eigenvalue weighted by molar-refractivity contribution is 6.06. The van der Waals surface area contributed by atoms with E-state index in [2.05, 4.69) is 16.0 Å². The lowest BCUT2D eigenvalue weighted by molar-refractivity contribution is -0.276. The quantitative estimate of drug-likeness (QED) is 0.285. The second-order valence-corrected chi connectivity index (χ2v) is 7.28. The third kappa shape index (κ3) is 4.22. The normalized spacial score (nSPS) is 18.4. The van der Waals surface area contributed by atoms with Gasteiger partial charge < -0.3 is 15.2 Å². The number of esters is 2. The minimum atomic E-state index is -1.69. The number of ether oxygens (including phenoxy) is 2. The lowest BCUT2D eigenvalue weighted by atomic mass is 9.88. The third-order valence-electron chi connectivity index (χ3n) is 5.38. The molecule has 2 aromatic rings. The fourth-order valence-electron chi connectivity index (χ4n) is 3.57. The van der Waals surface area contributed by atoms with Crippen molar-refractivity contribution in [3.8, 4) is 11.1 Å². The van der Waals surface area contributed by atoms with E-state index in [-0.39, 0.29) is 6.42 Å². The topological polar surface area (TPSA) is 115 Å². The van der Waals surface area contributed by atoms with E-state index < -0.39 is 29.6 Å². The van der Waals surface area contributed by atoms with Crippen LogP contribution in [0.3, 0.4) is 0 Å². The van der Waals surface area contributed by atoms with Crippen LogP contribution in [0.15, 0.2) is 54.6 Å². The SMILES string of the molecule is CNC1(NC)OC(=O)C(C[C@H](N)Cc2ccc(-c3ccccc3)cc2)(NC)C(=O)O1. The van der Waals surface area contributed by atoms with Crippen LogP contribution in [0.5, 0.6) is 0 Å². The summed E-state index contributed by atoms with van der Waals surface area (Å²) < 4.78 is 10.7. The van der Waals surface area contributed by atoms with Crippen LogP contribution in [-0.4, -0.2) is 50.7 Å². The van der Waals surface area contributed by atoms with Gasteiger partial charge in [0.2, 0.25) is 5.54 Å². The van der Waals surface area contributed by atoms with Crippen molar-refractivity contribution < 1.29 is 19.1 Å². The van der Waals surface area contributed by atoms with Gasteiger partial charge in [-0.25, -0.2) is 20.2 Å². The van der Waals surface area contributed by atoms with Crippen LogP contribution in [0.1, 0.15) is 12.0 Å². The van der Waals surface area contributed by atoms with Crippen molar-refractivity contribution >= 4 is 11.9 Å². The first-order chi connectivity index (χ1) is 14.4. The Morgan fingerprint density at radius 3 is 1.87 bits per heavy atom. The average molecular weight is 412 g/mol. The van der Waals surface area contributed by atoms with Gasteiger partial charge >= 0.3 is 18.0 Å². The summed E-state index contributed by atoms with van der Waals surface area (Å²) in [5.41, 5.74) is 7.89. The van der Waals surface area contributed by atoms with Crippen molar-refractivity contribution in [3.63, 3.8) is 0 Å². The van der Waals surface area contributed by atoms with Gasteiger partial charge in [0.25, 0.3) is 0 Å². The summed E-state index contributed by atoms with van der Waals surface area (Å²) in [6.07, 6.45) is 0.521. The Morgan fingerprint density at radius 2 is 1.37 bits per heavy atom. The highest BCUT2D eigenvalue weighted by atomic mass is 16.8. The Bertz CT molecular complexity index is 862. The van der Waals surface area contributed by atoms with E-state index in [1.54, 1.807) is 0 Å². The summed E-state index contributed by atoms with van der Waals surface area (Å²) in [6, 6.07) is 16.0. The van der Waals surface area contributed by atoms with Crippen molar-refractivity contribution in [3.05, 3.63) is 60.2 Å². The first-order valence-electron chi connectivity index (χ1n) is 9.81. The Balaban J connectivity index is 1.70. The summed E-state index contributed by atoms with van der Waals surface area (Å²) in [4.78, 5) is 25.5. The Kier molecular flexibility index (Phi) is 6.52. The molecule has 0 aromatic heterocycles. The van der Waals surface area contributed by atoms with E-state index in [9.17, 15) is 9.59 Å². The van der Waals surface area contributed by atoms with Gasteiger partial charge in [-0.1, -0.05) is 54.6 Å². The Labute approximate surface area is 176 Å². The number of carbonyl (C=O) groups is 2. The van der Waals surface area contributed by atoms with Crippen LogP contribution < -0.4 is 21.7 Å². The molecule has 1 heterocycles. The minimum absolute atomic E-state index is 0.0328. The molecule has 3 rings (SSSR count). The molecule has 160 valence electrons. The number of likely N-dealkylation sites (N-methyl/N-ethyl adjacent to an activating group) is 1. The first kappa shape index (κ1) is 21.9. The van der Waals surface area contributed by atoms with E-state index in [0.29, 0.717) is 6.42 Å². The number of hydrogen-bond acceptors (Lipinski definition) is 8. The molecule has 8 heteroatoms. The minimum Gasteiger partial charge on any atom is -0.393 e. The summed E-state index contributed by atoms with van der Waals surface area (Å²) in [6.45, 7) is 0. The predicted molar refractivity (Wildman–Crippen MR) is 113 cm³/mol. The second kappa shape index (κ2) is 8.93. The predicted octanol–water partition coefficient (Wildman–Crippen LogP) is 0.722. The molecule has 30 heavy (non-hydrogen) atoms. The monoisotopic (exact) mass is 412 g/mol. The fraction of sp³-hybridized carbons (Fsp3) is 0.364. The number of nitrogens with two attached hydrogens (primary N) is 1. The van der Waals surface area contributed by atoms with Crippen LogP contribution >= 0.6 is 0 Å². The van der Waals surface area contributed by atoms with E-state index in [0.717, 1.165) is 16.7 Å². The molecule has 0 saturated carbocycles. The summed E-state index contributed by atoms with van der Waals surface area (Å²) in [5, 5.41) is 8.06. The van der Waals surface area contributed by atoms with Crippen LogP contribution in [0.4, 0.5) is 0 Å². The van der Waals surface area contributed by atoms with E-state index in [1.807, 2.05) is 54.6 Å². The maximum Gasteiger partial charge on any atom is 0.385 e. The molecule has 8 nitrogen and oxygen atoms in total. The van der Waals surface area contributed by atoms with Gasteiger partial charge in [-0.2, -0.15) is 0 Å². The van der Waals surface area contributed by atoms with Gasteiger partial charge in [0.15, 0.2) is 0 Å². The summed E-state index contributed by atoms with van der Waals surface area (Å²) in [5.74, 6) is -1.50. The molecule has 0 radical (unpaired) electrons. The molecule has 1 aliphatic rings. The maximum atomic E-state index is 12.8. The van der Waals surface area contributed by atoms with Crippen molar-refractivity contribution in [1.29, 1.82) is 0 Å². The van der Waals surface area contributed by atoms with Crippen molar-refractivity contribution in [2.45, 2.75) is 30.5 Å². The maximum absolute atomic E-state index is 12.8. The van der Waals surface area contributed by atoms with Gasteiger partial charge in [-0.3, -0.25) is 5.32 Å². The van der Waals surface area contributed by atoms with Crippen LogP contribution in [0.2, 0.25) is 0 Å². The van der Waals surface area contributed by atoms with E-state index in [1.165, 1.54) is 21.1 Å². The molecule has 0 aliphatic carbocycles. The van der Waals surface area contributed by atoms with Crippen LogP contribution in [0.25, 0.3) is 11.1 Å². The molecule has 2 aromatic carbocycles. The zero-order valence-corrected chi connectivity index (χ0v) is 17.4. The smallest absolute Gasteiger partial charge is 0.385 e. The summed E-state index contributed by atoms with van der Waals surface area (Å²) >= 11 is 0. The second-order valence-electron chi connectivity index (χ2n) is 7.28. The fourth-order valence-corrected chi connectivity index (χ4v) is 3.57. The molecule has 0 spiro atoms. The van der Waals surface area contributed by atoms with Crippen molar-refractivity contribution in [2.75, 3.05) is 21.1 Å². The first-order valence-corrected chi connectivity index (χ1v) is 9.81. The molecule has 5 N–H and O–H groups in total. The molecule has 1 aliphatic heterocycles. The Morgan fingerprint density at radius 1 is 0.833 bits per heavy atom. The third-order valence-corrected chi connectivity index (χ3v) is 5.38. The standard InChI is InChI=1S/C22H28N4O4/c1-24-21(19(27)29-22(25-2,26-3)30-20(21)28)14-18(23)13-15-9-11-17(12-10-15)16-7-5-4-6-8-16/h4-12,18,24-26H,13-14,23H2,1-3H3/t18-/m1/s1. The molecular weight excluding hydrogens is 384 g/mol. The zero-order chi connectivity index (χ0) is 21.8. The molecule has 1 saturated heterocycles. The van der Waals surface area contributed by atoms with Gasteiger partial charge in [-0.05, 0) is 44.3 Å². The average Bonchev–Trinajstić information content (AvgIpc) is 2.77. The Hall–Kier alpha value is -2.78. The molecule has 1 fully saturated rings. The van der Waals surface area contributed by atoms with Gasteiger partial charge in [0, 0.05) is 12.5 Å². The number of cyclic esters (lactones) is 2. The highest BCUT2D eigenvalue weighted by Crippen LogP contribution is 2.27. The van der Waals surface area contributed by atoms with Crippen LogP contribution in [-0.2, 0) is 25.5 Å². The number of hydrogen-bond donors (Lipinski definition) is 4. The molecular formula is C22H28N4O4. The molecule has 0 bridgehead atoms. The lowest BCUT2D eigenvalue weighted by Gasteiger charge is -2.42. The van der Waals surface area contributed by atoms with E-state index >= 15 is 0 Å². The van der Waals surface area contributed by atoms with Gasteiger partial charge in [0.05, 0.1) is 0 Å². The number of carbonyl (C=O) groups excluding carboxylic acids is 2. The highest BCUT2D eigenvalue weighted by Gasteiger charge is 2.58. The van der Waals surface area contributed by atoms with Gasteiger partial charge in [0.1, 0.15) is 0 Å². The largest absolute Gasteiger partial charge is 0.393 e. The molecule has 0 unspecified atom stereocenters. The van der Waals surface area contributed by atoms with Crippen LogP contribution in [0, 0.1) is 0 Å². The molecule has 1 atom stereocenters. The summed E-state index contributed by atoms with van der Waals surface area (Å²) in [7, 11) is 4.53. The zero-order valence-electron chi connectivity index (χ0n) is 17.4. The van der Waals surface area contributed by atoms with Crippen molar-refractivity contribution in [2.24, 2.45) is 5.73 Å². The number of nitrogens with one attached hydrogen (secondary N) is 3. The van der Waals surface area contributed by atoms with Gasteiger partial charge in [-0.15, -0.1) is 0 Å². The molecule has 0 amide bonds.